The fourth-order valence-corrected chi connectivity index (χ4v) is 4.31. The van der Waals surface area contributed by atoms with Crippen LogP contribution in [0.5, 0.6) is 0 Å². The first-order valence-electron chi connectivity index (χ1n) is 9.27. The topological polar surface area (TPSA) is 67.2 Å². The Morgan fingerprint density at radius 3 is 2.86 bits per heavy atom. The molecule has 0 bridgehead atoms. The first-order chi connectivity index (χ1) is 14.0. The maximum atomic E-state index is 12.6. The summed E-state index contributed by atoms with van der Waals surface area (Å²) in [5, 5.41) is 3.49. The second-order valence-corrected chi connectivity index (χ2v) is 8.55. The van der Waals surface area contributed by atoms with Gasteiger partial charge in [0.15, 0.2) is 0 Å². The highest BCUT2D eigenvalue weighted by Crippen LogP contribution is 2.33. The Hall–Kier alpha value is -2.16. The molecule has 0 radical (unpaired) electrons. The molecule has 0 aliphatic carbocycles. The molecule has 29 heavy (non-hydrogen) atoms. The van der Waals surface area contributed by atoms with Gasteiger partial charge in [-0.05, 0) is 30.5 Å². The van der Waals surface area contributed by atoms with Crippen molar-refractivity contribution >= 4 is 57.8 Å². The average Bonchev–Trinajstić information content (AvgIpc) is 3.31. The summed E-state index contributed by atoms with van der Waals surface area (Å²) in [6.45, 7) is 1.85. The van der Waals surface area contributed by atoms with Crippen LogP contribution >= 0.6 is 35.6 Å². The zero-order chi connectivity index (χ0) is 20.6. The van der Waals surface area contributed by atoms with Crippen molar-refractivity contribution in [3.63, 3.8) is 0 Å². The standard InChI is InChI=1S/C20H21ClN4O2S2/c21-16-6-2-1-5-15(16)13-17-19(27)25(20(28)29-17)11-3-7-18(26)23-8-4-10-24-12-9-22-14-24/h1-2,5-6,9,12-14H,3-4,7-8,10-11H2,(H,23,26). The van der Waals surface area contributed by atoms with E-state index in [0.717, 1.165) is 18.5 Å². The molecule has 1 aliphatic rings. The third-order valence-corrected chi connectivity index (χ3v) is 6.05. The van der Waals surface area contributed by atoms with Crippen molar-refractivity contribution in [1.82, 2.24) is 19.8 Å². The van der Waals surface area contributed by atoms with Crippen molar-refractivity contribution in [3.8, 4) is 0 Å². The van der Waals surface area contributed by atoms with Crippen LogP contribution in [-0.2, 0) is 16.1 Å². The number of benzene rings is 1. The second kappa shape index (κ2) is 10.6. The Labute approximate surface area is 184 Å². The molecule has 1 aliphatic heterocycles. The van der Waals surface area contributed by atoms with E-state index in [9.17, 15) is 9.59 Å². The maximum absolute atomic E-state index is 12.6. The maximum Gasteiger partial charge on any atom is 0.266 e. The molecule has 1 aromatic carbocycles. The van der Waals surface area contributed by atoms with Gasteiger partial charge in [-0.1, -0.05) is 53.8 Å². The number of amides is 2. The molecule has 2 heterocycles. The SMILES string of the molecule is O=C(CCCN1C(=O)C(=Cc2ccccc2Cl)SC1=S)NCCCn1ccnc1. The number of hydrogen-bond donors (Lipinski definition) is 1. The minimum absolute atomic E-state index is 0.0207. The Bertz CT molecular complexity index is 915. The van der Waals surface area contributed by atoms with E-state index >= 15 is 0 Å². The summed E-state index contributed by atoms with van der Waals surface area (Å²) in [5.74, 6) is -0.159. The molecule has 3 rings (SSSR count). The monoisotopic (exact) mass is 448 g/mol. The van der Waals surface area contributed by atoms with Gasteiger partial charge in [-0.2, -0.15) is 0 Å². The summed E-state index contributed by atoms with van der Waals surface area (Å²) in [6, 6.07) is 7.34. The van der Waals surface area contributed by atoms with Gasteiger partial charge in [-0.3, -0.25) is 14.5 Å². The van der Waals surface area contributed by atoms with Crippen molar-refractivity contribution in [2.24, 2.45) is 0 Å². The smallest absolute Gasteiger partial charge is 0.266 e. The predicted molar refractivity (Wildman–Crippen MR) is 120 cm³/mol. The largest absolute Gasteiger partial charge is 0.356 e. The van der Waals surface area contributed by atoms with Gasteiger partial charge in [-0.25, -0.2) is 4.98 Å². The van der Waals surface area contributed by atoms with Gasteiger partial charge < -0.3 is 9.88 Å². The van der Waals surface area contributed by atoms with Gasteiger partial charge in [0.1, 0.15) is 4.32 Å². The fraction of sp³-hybridized carbons (Fsp3) is 0.300. The highest BCUT2D eigenvalue weighted by Gasteiger charge is 2.31. The van der Waals surface area contributed by atoms with E-state index in [0.29, 0.717) is 40.2 Å². The summed E-state index contributed by atoms with van der Waals surface area (Å²) >= 11 is 12.8. The zero-order valence-electron chi connectivity index (χ0n) is 15.7. The van der Waals surface area contributed by atoms with Crippen LogP contribution < -0.4 is 5.32 Å². The molecule has 1 saturated heterocycles. The van der Waals surface area contributed by atoms with Gasteiger partial charge >= 0.3 is 0 Å². The first kappa shape index (κ1) is 21.5. The van der Waals surface area contributed by atoms with Crippen LogP contribution in [0.2, 0.25) is 5.02 Å². The number of imidazole rings is 1. The molecule has 2 amide bonds. The lowest BCUT2D eigenvalue weighted by Gasteiger charge is -2.14. The van der Waals surface area contributed by atoms with Crippen molar-refractivity contribution in [2.75, 3.05) is 13.1 Å². The Kier molecular flexibility index (Phi) is 7.85. The summed E-state index contributed by atoms with van der Waals surface area (Å²) in [7, 11) is 0. The lowest BCUT2D eigenvalue weighted by atomic mass is 10.2. The Morgan fingerprint density at radius 2 is 2.10 bits per heavy atom. The second-order valence-electron chi connectivity index (χ2n) is 6.46. The number of nitrogens with one attached hydrogen (secondary N) is 1. The molecule has 2 aromatic rings. The van der Waals surface area contributed by atoms with Crippen molar-refractivity contribution in [3.05, 3.63) is 58.5 Å². The summed E-state index contributed by atoms with van der Waals surface area (Å²) in [4.78, 5) is 30.7. The number of carbonyl (C=O) groups excluding carboxylic acids is 2. The number of halogens is 1. The molecule has 1 N–H and O–H groups in total. The molecule has 6 nitrogen and oxygen atoms in total. The lowest BCUT2D eigenvalue weighted by molar-refractivity contribution is -0.124. The van der Waals surface area contributed by atoms with Crippen LogP contribution in [0, 0.1) is 0 Å². The Balaban J connectivity index is 1.41. The van der Waals surface area contributed by atoms with E-state index in [-0.39, 0.29) is 11.8 Å². The molecule has 1 fully saturated rings. The van der Waals surface area contributed by atoms with Gasteiger partial charge in [-0.15, -0.1) is 0 Å². The number of thiocarbonyl (C=S) groups is 1. The molecule has 0 atom stereocenters. The normalized spacial score (nSPS) is 15.3. The lowest BCUT2D eigenvalue weighted by Crippen LogP contribution is -2.31. The van der Waals surface area contributed by atoms with Crippen molar-refractivity contribution in [2.45, 2.75) is 25.8 Å². The molecule has 0 unspecified atom stereocenters. The highest BCUT2D eigenvalue weighted by atomic mass is 35.5. The number of aromatic nitrogens is 2. The van der Waals surface area contributed by atoms with E-state index in [2.05, 4.69) is 10.3 Å². The number of rotatable bonds is 9. The zero-order valence-corrected chi connectivity index (χ0v) is 18.1. The average molecular weight is 449 g/mol. The molecule has 0 saturated carbocycles. The van der Waals surface area contributed by atoms with Gasteiger partial charge in [0.25, 0.3) is 5.91 Å². The van der Waals surface area contributed by atoms with Gasteiger partial charge in [0.2, 0.25) is 5.91 Å². The molecule has 9 heteroatoms. The number of carbonyl (C=O) groups is 2. The number of nitrogens with zero attached hydrogens (tertiary/aromatic N) is 3. The van der Waals surface area contributed by atoms with Gasteiger partial charge in [0.05, 0.1) is 11.2 Å². The van der Waals surface area contributed by atoms with E-state index in [1.165, 1.54) is 11.8 Å². The van der Waals surface area contributed by atoms with Crippen molar-refractivity contribution in [1.29, 1.82) is 0 Å². The van der Waals surface area contributed by atoms with Gasteiger partial charge in [0, 0.05) is 43.5 Å². The quantitative estimate of drug-likeness (QED) is 0.359. The minimum Gasteiger partial charge on any atom is -0.356 e. The van der Waals surface area contributed by atoms with E-state index in [1.807, 2.05) is 29.0 Å². The fourth-order valence-electron chi connectivity index (χ4n) is 2.82. The molecular weight excluding hydrogens is 428 g/mol. The summed E-state index contributed by atoms with van der Waals surface area (Å²) < 4.78 is 2.48. The third kappa shape index (κ3) is 6.16. The van der Waals surface area contributed by atoms with E-state index in [4.69, 9.17) is 23.8 Å². The Morgan fingerprint density at radius 1 is 1.28 bits per heavy atom. The molecule has 1 aromatic heterocycles. The minimum atomic E-state index is -0.138. The predicted octanol–water partition coefficient (Wildman–Crippen LogP) is 3.72. The summed E-state index contributed by atoms with van der Waals surface area (Å²) in [6.07, 6.45) is 8.88. The molecule has 0 spiro atoms. The number of hydrogen-bond acceptors (Lipinski definition) is 5. The van der Waals surface area contributed by atoms with Crippen LogP contribution in [0.4, 0.5) is 0 Å². The first-order valence-corrected chi connectivity index (χ1v) is 10.9. The summed E-state index contributed by atoms with van der Waals surface area (Å²) in [5.41, 5.74) is 0.782. The van der Waals surface area contributed by atoms with Crippen LogP contribution in [0.3, 0.4) is 0 Å². The van der Waals surface area contributed by atoms with Crippen LogP contribution in [0.15, 0.2) is 47.9 Å². The van der Waals surface area contributed by atoms with E-state index < -0.39 is 0 Å². The van der Waals surface area contributed by atoms with Crippen LogP contribution in [0.1, 0.15) is 24.8 Å². The third-order valence-electron chi connectivity index (χ3n) is 4.33. The van der Waals surface area contributed by atoms with E-state index in [1.54, 1.807) is 29.6 Å². The number of aryl methyl sites for hydroxylation is 1. The van der Waals surface area contributed by atoms with Crippen molar-refractivity contribution < 1.29 is 9.59 Å². The molecular formula is C20H21ClN4O2S2. The van der Waals surface area contributed by atoms with Crippen LogP contribution in [-0.4, -0.2) is 43.7 Å². The molecule has 152 valence electrons. The highest BCUT2D eigenvalue weighted by molar-refractivity contribution is 8.26. The number of thioether (sulfide) groups is 1. The van der Waals surface area contributed by atoms with Crippen LogP contribution in [0.25, 0.3) is 6.08 Å².